The van der Waals surface area contributed by atoms with E-state index in [1.165, 1.54) is 5.56 Å². The number of benzene rings is 3. The molecule has 2 amide bonds. The summed E-state index contributed by atoms with van der Waals surface area (Å²) in [5, 5.41) is 7.45. The fourth-order valence-corrected chi connectivity index (χ4v) is 4.44. The lowest BCUT2D eigenvalue weighted by molar-refractivity contribution is 0.203. The molecule has 0 radical (unpaired) electrons. The summed E-state index contributed by atoms with van der Waals surface area (Å²) in [7, 11) is 0. The van der Waals surface area contributed by atoms with Crippen LogP contribution in [0.2, 0.25) is 0 Å². The van der Waals surface area contributed by atoms with Gasteiger partial charge < -0.3 is 9.84 Å². The Labute approximate surface area is 205 Å². The number of hydrogen-bond acceptors (Lipinski definition) is 4. The summed E-state index contributed by atoms with van der Waals surface area (Å²) in [6.45, 7) is 6.55. The molecular weight excluding hydrogens is 436 g/mol. The Hall–Kier alpha value is -4.19. The fraction of sp³-hybridized carbons (Fsp3) is 0.207. The maximum absolute atomic E-state index is 13.3. The van der Waals surface area contributed by atoms with Crippen molar-refractivity contribution in [3.05, 3.63) is 113 Å². The molecule has 0 bridgehead atoms. The van der Waals surface area contributed by atoms with Gasteiger partial charge in [-0.1, -0.05) is 90.4 Å². The van der Waals surface area contributed by atoms with E-state index in [2.05, 4.69) is 41.7 Å². The molecule has 35 heavy (non-hydrogen) atoms. The average Bonchev–Trinajstić information content (AvgIpc) is 3.37. The number of allylic oxidation sites excluding steroid dienone is 1. The van der Waals surface area contributed by atoms with Crippen molar-refractivity contribution in [3.8, 4) is 11.4 Å². The summed E-state index contributed by atoms with van der Waals surface area (Å²) in [5.41, 5.74) is 6.86. The highest BCUT2D eigenvalue weighted by molar-refractivity contribution is 5.86. The first-order valence-corrected chi connectivity index (χ1v) is 11.9. The first-order valence-electron chi connectivity index (χ1n) is 11.9. The van der Waals surface area contributed by atoms with Crippen LogP contribution in [0.15, 0.2) is 89.1 Å². The quantitative estimate of drug-likeness (QED) is 0.363. The topological polar surface area (TPSA) is 71.3 Å². The van der Waals surface area contributed by atoms with Gasteiger partial charge in [-0.25, -0.2) is 4.79 Å². The van der Waals surface area contributed by atoms with Gasteiger partial charge in [0.25, 0.3) is 5.89 Å². The molecule has 1 aromatic heterocycles. The number of nitrogens with zero attached hydrogens (tertiary/aromatic N) is 3. The Morgan fingerprint density at radius 3 is 2.43 bits per heavy atom. The molecule has 6 heteroatoms. The molecule has 2 heterocycles. The number of rotatable bonds is 6. The molecule has 4 aromatic rings. The zero-order valence-electron chi connectivity index (χ0n) is 20.2. The first kappa shape index (κ1) is 22.6. The smallest absolute Gasteiger partial charge is 0.322 e. The van der Waals surface area contributed by atoms with Crippen molar-refractivity contribution in [2.24, 2.45) is 0 Å². The fourth-order valence-electron chi connectivity index (χ4n) is 4.44. The van der Waals surface area contributed by atoms with E-state index >= 15 is 0 Å². The van der Waals surface area contributed by atoms with Crippen LogP contribution < -0.4 is 5.32 Å². The third kappa shape index (κ3) is 4.60. The largest absolute Gasteiger partial charge is 0.334 e. The maximum Gasteiger partial charge on any atom is 0.322 e. The van der Waals surface area contributed by atoms with Gasteiger partial charge in [0.2, 0.25) is 5.82 Å². The lowest BCUT2D eigenvalue weighted by Gasteiger charge is -2.35. The van der Waals surface area contributed by atoms with E-state index < -0.39 is 6.04 Å². The summed E-state index contributed by atoms with van der Waals surface area (Å²) in [5.74, 6) is 0.928. The van der Waals surface area contributed by atoms with E-state index in [9.17, 15) is 4.79 Å². The summed E-state index contributed by atoms with van der Waals surface area (Å²) in [6.07, 6.45) is 0.952. The van der Waals surface area contributed by atoms with E-state index in [-0.39, 0.29) is 6.03 Å². The second-order valence-electron chi connectivity index (χ2n) is 8.84. The number of nitrogens with one attached hydrogen (secondary N) is 1. The van der Waals surface area contributed by atoms with E-state index in [0.29, 0.717) is 18.3 Å². The van der Waals surface area contributed by atoms with Crippen LogP contribution in [-0.2, 0) is 13.0 Å². The van der Waals surface area contributed by atoms with Crippen molar-refractivity contribution in [2.75, 3.05) is 0 Å². The molecule has 5 rings (SSSR count). The van der Waals surface area contributed by atoms with Gasteiger partial charge in [0.1, 0.15) is 0 Å². The zero-order chi connectivity index (χ0) is 24.4. The standard InChI is InChI=1S/C29H28N4O2/c1-4-21-13-15-23(16-14-21)26-25(28-31-27(32-35-28)24-12-8-9-19(2)17-24)20(3)33(29(34)30-26)18-22-10-6-5-7-11-22/h5-17,26H,4,18H2,1-3H3,(H,30,34). The SMILES string of the molecule is CCc1ccc(C2NC(=O)N(Cc3ccccc3)C(C)=C2c2nc(-c3cccc(C)c3)no2)cc1. The lowest BCUT2D eigenvalue weighted by atomic mass is 9.93. The number of amides is 2. The molecule has 1 atom stereocenters. The molecule has 0 spiro atoms. The van der Waals surface area contributed by atoms with Gasteiger partial charge in [0, 0.05) is 11.3 Å². The third-order valence-corrected chi connectivity index (χ3v) is 6.43. The lowest BCUT2D eigenvalue weighted by Crippen LogP contribution is -2.45. The van der Waals surface area contributed by atoms with Crippen LogP contribution in [0.4, 0.5) is 4.79 Å². The molecule has 176 valence electrons. The van der Waals surface area contributed by atoms with Gasteiger partial charge in [0.05, 0.1) is 18.2 Å². The first-order chi connectivity index (χ1) is 17.0. The Morgan fingerprint density at radius 2 is 1.71 bits per heavy atom. The molecule has 1 unspecified atom stereocenters. The highest BCUT2D eigenvalue weighted by Crippen LogP contribution is 2.38. The van der Waals surface area contributed by atoms with Crippen molar-refractivity contribution >= 4 is 11.6 Å². The molecular formula is C29H28N4O2. The molecule has 1 aliphatic rings. The van der Waals surface area contributed by atoms with Crippen molar-refractivity contribution in [2.45, 2.75) is 39.8 Å². The molecule has 0 saturated heterocycles. The van der Waals surface area contributed by atoms with Crippen molar-refractivity contribution in [3.63, 3.8) is 0 Å². The van der Waals surface area contributed by atoms with E-state index in [1.54, 1.807) is 4.90 Å². The van der Waals surface area contributed by atoms with Crippen LogP contribution in [-0.4, -0.2) is 21.1 Å². The number of carbonyl (C=O) groups is 1. The molecule has 1 aliphatic heterocycles. The second-order valence-corrected chi connectivity index (χ2v) is 8.84. The highest BCUT2D eigenvalue weighted by atomic mass is 16.5. The van der Waals surface area contributed by atoms with Gasteiger partial charge in [-0.05, 0) is 43.0 Å². The van der Waals surface area contributed by atoms with Crippen LogP contribution in [0.25, 0.3) is 17.0 Å². The van der Waals surface area contributed by atoms with Crippen molar-refractivity contribution in [1.29, 1.82) is 0 Å². The second kappa shape index (κ2) is 9.58. The van der Waals surface area contributed by atoms with E-state index in [0.717, 1.165) is 39.9 Å². The monoisotopic (exact) mass is 464 g/mol. The van der Waals surface area contributed by atoms with Crippen LogP contribution >= 0.6 is 0 Å². The molecule has 1 N–H and O–H groups in total. The van der Waals surface area contributed by atoms with Crippen molar-refractivity contribution in [1.82, 2.24) is 20.4 Å². The number of urea groups is 1. The van der Waals surface area contributed by atoms with E-state index in [1.807, 2.05) is 68.4 Å². The molecule has 0 aliphatic carbocycles. The summed E-state index contributed by atoms with van der Waals surface area (Å²) in [4.78, 5) is 19.8. The van der Waals surface area contributed by atoms with Gasteiger partial charge >= 0.3 is 6.03 Å². The maximum atomic E-state index is 13.3. The Balaban J connectivity index is 1.59. The highest BCUT2D eigenvalue weighted by Gasteiger charge is 2.35. The average molecular weight is 465 g/mol. The zero-order valence-corrected chi connectivity index (χ0v) is 20.2. The number of carbonyl (C=O) groups excluding carboxylic acids is 1. The van der Waals surface area contributed by atoms with Crippen LogP contribution in [0, 0.1) is 6.92 Å². The Kier molecular flexibility index (Phi) is 6.19. The van der Waals surface area contributed by atoms with Crippen molar-refractivity contribution < 1.29 is 9.32 Å². The predicted octanol–water partition coefficient (Wildman–Crippen LogP) is 6.31. The van der Waals surface area contributed by atoms with Gasteiger partial charge in [0.15, 0.2) is 0 Å². The molecule has 6 nitrogen and oxygen atoms in total. The summed E-state index contributed by atoms with van der Waals surface area (Å²) in [6, 6.07) is 25.7. The minimum atomic E-state index is -0.397. The van der Waals surface area contributed by atoms with Gasteiger partial charge in [-0.3, -0.25) is 4.90 Å². The Morgan fingerprint density at radius 1 is 0.943 bits per heavy atom. The Bertz CT molecular complexity index is 1370. The van der Waals surface area contributed by atoms with Crippen LogP contribution in [0.3, 0.4) is 0 Å². The summed E-state index contributed by atoms with van der Waals surface area (Å²) < 4.78 is 5.80. The number of aryl methyl sites for hydroxylation is 2. The van der Waals surface area contributed by atoms with E-state index in [4.69, 9.17) is 9.51 Å². The minimum absolute atomic E-state index is 0.155. The normalized spacial score (nSPS) is 15.9. The van der Waals surface area contributed by atoms with Crippen LogP contribution in [0.5, 0.6) is 0 Å². The predicted molar refractivity (Wildman–Crippen MR) is 136 cm³/mol. The molecule has 0 saturated carbocycles. The number of hydrogen-bond donors (Lipinski definition) is 1. The molecule has 3 aromatic carbocycles. The summed E-state index contributed by atoms with van der Waals surface area (Å²) >= 11 is 0. The molecule has 0 fully saturated rings. The van der Waals surface area contributed by atoms with Crippen LogP contribution in [0.1, 0.15) is 48.0 Å². The minimum Gasteiger partial charge on any atom is -0.334 e. The third-order valence-electron chi connectivity index (χ3n) is 6.43. The van der Waals surface area contributed by atoms with Gasteiger partial charge in [-0.2, -0.15) is 4.98 Å². The van der Waals surface area contributed by atoms with Gasteiger partial charge in [-0.15, -0.1) is 0 Å². The number of aromatic nitrogens is 2.